The highest BCUT2D eigenvalue weighted by Crippen LogP contribution is 2.36. The zero-order valence-electron chi connectivity index (χ0n) is 14.7. The number of carbonyl (C=O) groups is 2. The molecule has 1 fully saturated rings. The Labute approximate surface area is 148 Å². The third-order valence-corrected chi connectivity index (χ3v) is 4.60. The molecular weight excluding hydrogens is 310 g/mol. The van der Waals surface area contributed by atoms with Gasteiger partial charge in [0, 0.05) is 17.7 Å². The third-order valence-electron chi connectivity index (χ3n) is 4.60. The average molecular weight is 333 g/mol. The molecular formula is C22H23NO2. The maximum absolute atomic E-state index is 12.9. The van der Waals surface area contributed by atoms with E-state index in [2.05, 4.69) is 13.8 Å². The lowest BCUT2D eigenvalue weighted by Gasteiger charge is -2.34. The number of aliphatic imine (C=N–C) groups is 1. The highest BCUT2D eigenvalue weighted by molar-refractivity contribution is 6.26. The first kappa shape index (κ1) is 17.3. The van der Waals surface area contributed by atoms with Crippen LogP contribution in [0.5, 0.6) is 0 Å². The van der Waals surface area contributed by atoms with Gasteiger partial charge in [0.15, 0.2) is 5.78 Å². The fraction of sp³-hybridized carbons (Fsp3) is 0.318. The number of ketones is 2. The van der Waals surface area contributed by atoms with E-state index in [1.807, 2.05) is 48.5 Å². The van der Waals surface area contributed by atoms with Crippen LogP contribution in [0.1, 0.15) is 42.6 Å². The molecule has 0 spiro atoms. The summed E-state index contributed by atoms with van der Waals surface area (Å²) in [4.78, 5) is 30.4. The van der Waals surface area contributed by atoms with Crippen LogP contribution >= 0.6 is 0 Å². The quantitative estimate of drug-likeness (QED) is 0.610. The molecule has 0 bridgehead atoms. The van der Waals surface area contributed by atoms with E-state index in [1.165, 1.54) is 0 Å². The van der Waals surface area contributed by atoms with Crippen LogP contribution in [0.15, 0.2) is 65.7 Å². The minimum Gasteiger partial charge on any atom is -0.298 e. The van der Waals surface area contributed by atoms with E-state index >= 15 is 0 Å². The molecule has 0 heterocycles. The van der Waals surface area contributed by atoms with Crippen LogP contribution in [0.4, 0.5) is 0 Å². The van der Waals surface area contributed by atoms with E-state index in [1.54, 1.807) is 12.1 Å². The van der Waals surface area contributed by atoms with Gasteiger partial charge in [0.2, 0.25) is 0 Å². The molecule has 3 rings (SSSR count). The average Bonchev–Trinajstić information content (AvgIpc) is 2.60. The summed E-state index contributed by atoms with van der Waals surface area (Å²) < 4.78 is 0. The molecule has 1 atom stereocenters. The van der Waals surface area contributed by atoms with E-state index in [4.69, 9.17) is 4.99 Å². The lowest BCUT2D eigenvalue weighted by atomic mass is 9.69. The second kappa shape index (κ2) is 7.14. The van der Waals surface area contributed by atoms with E-state index in [-0.39, 0.29) is 17.0 Å². The van der Waals surface area contributed by atoms with Gasteiger partial charge in [0.05, 0.1) is 6.54 Å². The lowest BCUT2D eigenvalue weighted by molar-refractivity contribution is -0.122. The van der Waals surface area contributed by atoms with Crippen molar-refractivity contribution in [3.8, 4) is 0 Å². The van der Waals surface area contributed by atoms with Crippen molar-refractivity contribution in [2.45, 2.75) is 33.2 Å². The number of hydrogen-bond acceptors (Lipinski definition) is 3. The van der Waals surface area contributed by atoms with Gasteiger partial charge in [-0.05, 0) is 17.4 Å². The molecule has 0 amide bonds. The highest BCUT2D eigenvalue weighted by Gasteiger charge is 2.41. The molecule has 1 aliphatic rings. The smallest absolute Gasteiger partial charge is 0.178 e. The monoisotopic (exact) mass is 333 g/mol. The molecule has 3 heteroatoms. The van der Waals surface area contributed by atoms with Crippen molar-refractivity contribution in [3.63, 3.8) is 0 Å². The van der Waals surface area contributed by atoms with E-state index in [0.717, 1.165) is 11.3 Å². The maximum Gasteiger partial charge on any atom is 0.178 e. The zero-order valence-corrected chi connectivity index (χ0v) is 14.7. The van der Waals surface area contributed by atoms with Crippen molar-refractivity contribution in [1.82, 2.24) is 0 Å². The van der Waals surface area contributed by atoms with Crippen LogP contribution in [-0.4, -0.2) is 17.3 Å². The van der Waals surface area contributed by atoms with Crippen molar-refractivity contribution >= 4 is 17.3 Å². The topological polar surface area (TPSA) is 46.5 Å². The Morgan fingerprint density at radius 2 is 1.60 bits per heavy atom. The van der Waals surface area contributed by atoms with Gasteiger partial charge in [-0.25, -0.2) is 0 Å². The standard InChI is InChI=1S/C22H23NO2/c1-22(2)13-18(23-15-16-9-5-3-6-10-16)20(19(24)14-22)21(25)17-11-7-4-8-12-17/h3-12,20H,13-15H2,1-2H3. The van der Waals surface area contributed by atoms with Gasteiger partial charge >= 0.3 is 0 Å². The SMILES string of the molecule is CC1(C)CC(=O)C(C(=O)c2ccccc2)C(=NCc2ccccc2)C1. The molecule has 2 aromatic carbocycles. The van der Waals surface area contributed by atoms with Crippen LogP contribution in [0.2, 0.25) is 0 Å². The van der Waals surface area contributed by atoms with Gasteiger partial charge in [0.1, 0.15) is 11.7 Å². The van der Waals surface area contributed by atoms with Gasteiger partial charge in [-0.3, -0.25) is 14.6 Å². The molecule has 128 valence electrons. The second-order valence-electron chi connectivity index (χ2n) is 7.44. The number of benzene rings is 2. The molecule has 3 nitrogen and oxygen atoms in total. The van der Waals surface area contributed by atoms with Crippen LogP contribution in [0, 0.1) is 11.3 Å². The summed E-state index contributed by atoms with van der Waals surface area (Å²) >= 11 is 0. The summed E-state index contributed by atoms with van der Waals surface area (Å²) in [5, 5.41) is 0. The molecule has 0 saturated heterocycles. The normalized spacial score (nSPS) is 21.3. The molecule has 1 saturated carbocycles. The minimum absolute atomic E-state index is 0.0167. The number of hydrogen-bond donors (Lipinski definition) is 0. The van der Waals surface area contributed by atoms with Gasteiger partial charge in [-0.2, -0.15) is 0 Å². The highest BCUT2D eigenvalue weighted by atomic mass is 16.2. The maximum atomic E-state index is 12.9. The zero-order chi connectivity index (χ0) is 17.9. The summed E-state index contributed by atoms with van der Waals surface area (Å²) in [5.41, 5.74) is 2.23. The summed E-state index contributed by atoms with van der Waals surface area (Å²) in [7, 11) is 0. The second-order valence-corrected chi connectivity index (χ2v) is 7.44. The number of nitrogens with zero attached hydrogens (tertiary/aromatic N) is 1. The van der Waals surface area contributed by atoms with Gasteiger partial charge < -0.3 is 0 Å². The van der Waals surface area contributed by atoms with E-state index < -0.39 is 5.92 Å². The lowest BCUT2D eigenvalue weighted by Crippen LogP contribution is -2.42. The molecule has 0 aromatic heterocycles. The minimum atomic E-state index is -0.737. The van der Waals surface area contributed by atoms with Gasteiger partial charge in [-0.1, -0.05) is 74.5 Å². The Morgan fingerprint density at radius 3 is 2.24 bits per heavy atom. The summed E-state index contributed by atoms with van der Waals surface area (Å²) in [5.74, 6) is -0.885. The molecule has 0 radical (unpaired) electrons. The summed E-state index contributed by atoms with van der Waals surface area (Å²) in [6.45, 7) is 4.62. The van der Waals surface area contributed by atoms with E-state index in [9.17, 15) is 9.59 Å². The number of carbonyl (C=O) groups excluding carboxylic acids is 2. The van der Waals surface area contributed by atoms with Crippen LogP contribution in [0.3, 0.4) is 0 Å². The number of rotatable bonds is 4. The first-order chi connectivity index (χ1) is 12.0. The Balaban J connectivity index is 1.92. The van der Waals surface area contributed by atoms with E-state index in [0.29, 0.717) is 24.9 Å². The molecule has 0 aliphatic heterocycles. The van der Waals surface area contributed by atoms with Crippen molar-refractivity contribution in [2.75, 3.05) is 0 Å². The van der Waals surface area contributed by atoms with Crippen molar-refractivity contribution < 1.29 is 9.59 Å². The Hall–Kier alpha value is -2.55. The fourth-order valence-corrected chi connectivity index (χ4v) is 3.40. The van der Waals surface area contributed by atoms with Crippen molar-refractivity contribution in [2.24, 2.45) is 16.3 Å². The first-order valence-corrected chi connectivity index (χ1v) is 8.65. The summed E-state index contributed by atoms with van der Waals surface area (Å²) in [6, 6.07) is 19.0. The largest absolute Gasteiger partial charge is 0.298 e. The Kier molecular flexibility index (Phi) is 4.93. The Morgan fingerprint density at radius 1 is 1.00 bits per heavy atom. The predicted molar refractivity (Wildman–Crippen MR) is 99.9 cm³/mol. The van der Waals surface area contributed by atoms with Crippen molar-refractivity contribution in [1.29, 1.82) is 0 Å². The Bertz CT molecular complexity index is 791. The molecule has 25 heavy (non-hydrogen) atoms. The van der Waals surface area contributed by atoms with Crippen molar-refractivity contribution in [3.05, 3.63) is 71.8 Å². The first-order valence-electron chi connectivity index (χ1n) is 8.65. The van der Waals surface area contributed by atoms with Crippen LogP contribution in [-0.2, 0) is 11.3 Å². The van der Waals surface area contributed by atoms with Crippen LogP contribution < -0.4 is 0 Å². The third kappa shape index (κ3) is 4.11. The van der Waals surface area contributed by atoms with Crippen LogP contribution in [0.25, 0.3) is 0 Å². The van der Waals surface area contributed by atoms with Gasteiger partial charge in [0.25, 0.3) is 0 Å². The van der Waals surface area contributed by atoms with Gasteiger partial charge in [-0.15, -0.1) is 0 Å². The molecule has 0 N–H and O–H groups in total. The molecule has 1 aliphatic carbocycles. The summed E-state index contributed by atoms with van der Waals surface area (Å²) in [6.07, 6.45) is 1.09. The fourth-order valence-electron chi connectivity index (χ4n) is 3.40. The number of Topliss-reactive ketones (excluding diaryl/α,β-unsaturated/α-hetero) is 2. The predicted octanol–water partition coefficient (Wildman–Crippen LogP) is 4.52. The molecule has 1 unspecified atom stereocenters. The molecule has 2 aromatic rings.